The average Bonchev–Trinajstić information content (AvgIpc) is 2.73. The third-order valence-corrected chi connectivity index (χ3v) is 5.17. The van der Waals surface area contributed by atoms with Crippen molar-refractivity contribution in [1.29, 1.82) is 0 Å². The van der Waals surface area contributed by atoms with E-state index in [1.54, 1.807) is 0 Å². The molecule has 0 fully saturated rings. The van der Waals surface area contributed by atoms with E-state index in [-0.39, 0.29) is 31.0 Å². The number of hydrogen-bond donors (Lipinski definition) is 1. The highest BCUT2D eigenvalue weighted by atomic mass is 16.3. The second-order valence-electron chi connectivity index (χ2n) is 6.90. The molecule has 0 saturated heterocycles. The van der Waals surface area contributed by atoms with Crippen molar-refractivity contribution in [2.45, 2.75) is 44.8 Å². The van der Waals surface area contributed by atoms with Crippen molar-refractivity contribution in [2.75, 3.05) is 6.61 Å². The Morgan fingerprint density at radius 2 is 1.59 bits per heavy atom. The lowest BCUT2D eigenvalue weighted by molar-refractivity contribution is -0.109. The lowest BCUT2D eigenvalue weighted by Gasteiger charge is -2.40. The van der Waals surface area contributed by atoms with E-state index >= 15 is 0 Å². The van der Waals surface area contributed by atoms with Crippen molar-refractivity contribution in [2.24, 2.45) is 5.92 Å². The van der Waals surface area contributed by atoms with Crippen LogP contribution < -0.4 is 0 Å². The van der Waals surface area contributed by atoms with Gasteiger partial charge in [-0.15, -0.1) is 0 Å². The van der Waals surface area contributed by atoms with Crippen LogP contribution in [-0.2, 0) is 16.1 Å². The molecule has 0 unspecified atom stereocenters. The fourth-order valence-electron chi connectivity index (χ4n) is 3.65. The summed E-state index contributed by atoms with van der Waals surface area (Å²) in [6.45, 7) is 2.76. The highest BCUT2D eigenvalue weighted by molar-refractivity contribution is 5.50. The molecule has 4 heteroatoms. The van der Waals surface area contributed by atoms with E-state index in [2.05, 4.69) is 36.1 Å². The van der Waals surface area contributed by atoms with Gasteiger partial charge in [0.2, 0.25) is 0 Å². The summed E-state index contributed by atoms with van der Waals surface area (Å²) in [6, 6.07) is 20.4. The summed E-state index contributed by atoms with van der Waals surface area (Å²) in [5.41, 5.74) is 2.34. The Hall–Kier alpha value is -2.30. The number of benzene rings is 2. The zero-order valence-electron chi connectivity index (χ0n) is 15.9. The Labute approximate surface area is 161 Å². The summed E-state index contributed by atoms with van der Waals surface area (Å²) in [7, 11) is 0. The van der Waals surface area contributed by atoms with E-state index in [0.29, 0.717) is 19.4 Å². The third kappa shape index (κ3) is 6.12. The molecule has 144 valence electrons. The fourth-order valence-corrected chi connectivity index (χ4v) is 3.65. The number of nitrogens with zero attached hydrogens (tertiary/aromatic N) is 1. The molecule has 4 nitrogen and oxygen atoms in total. The summed E-state index contributed by atoms with van der Waals surface area (Å²) >= 11 is 0. The number of hydrogen-bond acceptors (Lipinski definition) is 4. The van der Waals surface area contributed by atoms with E-state index in [9.17, 15) is 14.7 Å². The molecule has 0 aliphatic heterocycles. The van der Waals surface area contributed by atoms with Crippen LogP contribution in [0.1, 0.15) is 43.4 Å². The highest BCUT2D eigenvalue weighted by Gasteiger charge is 2.30. The van der Waals surface area contributed by atoms with Gasteiger partial charge in [-0.25, -0.2) is 0 Å². The highest BCUT2D eigenvalue weighted by Crippen LogP contribution is 2.30. The van der Waals surface area contributed by atoms with Crippen molar-refractivity contribution in [3.05, 3.63) is 71.8 Å². The van der Waals surface area contributed by atoms with Crippen LogP contribution in [0.4, 0.5) is 0 Å². The Morgan fingerprint density at radius 1 is 0.963 bits per heavy atom. The second-order valence-corrected chi connectivity index (χ2v) is 6.90. The van der Waals surface area contributed by atoms with Crippen LogP contribution in [0, 0.1) is 5.92 Å². The molecule has 0 amide bonds. The standard InChI is InChI=1S/C23H29NO3/c1-19(21-11-6-3-7-12-21)24(17-20-9-4-2-5-10-20)23(13-8-15-25)22(18-27)14-16-26/h2-7,9-12,15-16,19,22-23,27H,8,13-14,17-18H2,1H3/t19-,22+,23-/m0/s1. The van der Waals surface area contributed by atoms with Gasteiger partial charge in [0, 0.05) is 44.0 Å². The van der Waals surface area contributed by atoms with E-state index in [1.807, 2.05) is 36.4 Å². The van der Waals surface area contributed by atoms with Crippen LogP contribution in [0.15, 0.2) is 60.7 Å². The molecule has 0 radical (unpaired) electrons. The summed E-state index contributed by atoms with van der Waals surface area (Å²) in [6.07, 6.45) is 3.09. The van der Waals surface area contributed by atoms with Crippen LogP contribution in [-0.4, -0.2) is 35.2 Å². The van der Waals surface area contributed by atoms with Gasteiger partial charge in [-0.3, -0.25) is 4.90 Å². The van der Waals surface area contributed by atoms with Gasteiger partial charge in [0.1, 0.15) is 12.6 Å². The maximum atomic E-state index is 11.2. The Kier molecular flexibility index (Phi) is 8.89. The number of carbonyl (C=O) groups is 2. The zero-order chi connectivity index (χ0) is 19.5. The molecule has 0 aromatic heterocycles. The zero-order valence-corrected chi connectivity index (χ0v) is 15.9. The molecule has 0 saturated carbocycles. The maximum absolute atomic E-state index is 11.2. The molecule has 1 N–H and O–H groups in total. The smallest absolute Gasteiger partial charge is 0.120 e. The number of carbonyl (C=O) groups excluding carboxylic acids is 2. The first-order valence-corrected chi connectivity index (χ1v) is 9.54. The molecule has 3 atom stereocenters. The number of aliphatic hydroxyl groups is 1. The number of aldehydes is 2. The minimum atomic E-state index is -0.197. The van der Waals surface area contributed by atoms with Crippen molar-refractivity contribution >= 4 is 12.6 Å². The van der Waals surface area contributed by atoms with Gasteiger partial charge in [-0.2, -0.15) is 0 Å². The van der Waals surface area contributed by atoms with Gasteiger partial charge in [0.05, 0.1) is 0 Å². The first-order chi connectivity index (χ1) is 13.2. The fraction of sp³-hybridized carbons (Fsp3) is 0.391. The predicted octanol–water partition coefficient (Wildman–Crippen LogP) is 3.80. The number of aliphatic hydroxyl groups excluding tert-OH is 1. The largest absolute Gasteiger partial charge is 0.396 e. The minimum absolute atomic E-state index is 0.0687. The molecule has 2 aromatic rings. The Balaban J connectivity index is 2.38. The molecule has 2 aromatic carbocycles. The SMILES string of the molecule is C[C@@H](c1ccccc1)N(Cc1ccccc1)[C@@H](CCC=O)[C@@H](CO)CC=O. The van der Waals surface area contributed by atoms with Gasteiger partial charge in [0.25, 0.3) is 0 Å². The van der Waals surface area contributed by atoms with E-state index in [4.69, 9.17) is 0 Å². The topological polar surface area (TPSA) is 57.6 Å². The van der Waals surface area contributed by atoms with E-state index < -0.39 is 0 Å². The summed E-state index contributed by atoms with van der Waals surface area (Å²) < 4.78 is 0. The van der Waals surface area contributed by atoms with Gasteiger partial charge in [-0.05, 0) is 24.5 Å². The molecular weight excluding hydrogens is 338 g/mol. The van der Waals surface area contributed by atoms with Crippen LogP contribution in [0.3, 0.4) is 0 Å². The van der Waals surface area contributed by atoms with Gasteiger partial charge < -0.3 is 14.7 Å². The molecule has 0 bridgehead atoms. The van der Waals surface area contributed by atoms with Crippen molar-refractivity contribution in [3.63, 3.8) is 0 Å². The summed E-state index contributed by atoms with van der Waals surface area (Å²) in [5, 5.41) is 9.92. The minimum Gasteiger partial charge on any atom is -0.396 e. The molecule has 2 rings (SSSR count). The Morgan fingerprint density at radius 3 is 2.15 bits per heavy atom. The molecule has 0 aliphatic carbocycles. The van der Waals surface area contributed by atoms with Gasteiger partial charge in [0.15, 0.2) is 0 Å². The van der Waals surface area contributed by atoms with Crippen molar-refractivity contribution in [3.8, 4) is 0 Å². The van der Waals surface area contributed by atoms with Crippen LogP contribution in [0.5, 0.6) is 0 Å². The molecule has 0 spiro atoms. The van der Waals surface area contributed by atoms with Crippen LogP contribution >= 0.6 is 0 Å². The summed E-state index contributed by atoms with van der Waals surface area (Å²) in [4.78, 5) is 24.5. The molecule has 0 aliphatic rings. The van der Waals surface area contributed by atoms with Crippen molar-refractivity contribution < 1.29 is 14.7 Å². The average molecular weight is 367 g/mol. The van der Waals surface area contributed by atoms with Gasteiger partial charge >= 0.3 is 0 Å². The lowest BCUT2D eigenvalue weighted by Crippen LogP contribution is -2.43. The number of rotatable bonds is 12. The first kappa shape index (κ1) is 21.0. The molecule has 27 heavy (non-hydrogen) atoms. The molecular formula is C23H29NO3. The van der Waals surface area contributed by atoms with Crippen molar-refractivity contribution in [1.82, 2.24) is 4.90 Å². The normalized spacial score (nSPS) is 14.5. The maximum Gasteiger partial charge on any atom is 0.120 e. The predicted molar refractivity (Wildman–Crippen MR) is 107 cm³/mol. The summed E-state index contributed by atoms with van der Waals surface area (Å²) in [5.74, 6) is -0.197. The second kappa shape index (κ2) is 11.4. The van der Waals surface area contributed by atoms with E-state index in [0.717, 1.165) is 12.6 Å². The first-order valence-electron chi connectivity index (χ1n) is 9.54. The molecule has 0 heterocycles. The van der Waals surface area contributed by atoms with E-state index in [1.165, 1.54) is 11.1 Å². The quantitative estimate of drug-likeness (QED) is 0.580. The lowest BCUT2D eigenvalue weighted by atomic mass is 9.89. The Bertz CT molecular complexity index is 675. The van der Waals surface area contributed by atoms with Gasteiger partial charge in [-0.1, -0.05) is 60.7 Å². The monoisotopic (exact) mass is 367 g/mol. The van der Waals surface area contributed by atoms with Crippen LogP contribution in [0.25, 0.3) is 0 Å². The third-order valence-electron chi connectivity index (χ3n) is 5.17. The van der Waals surface area contributed by atoms with Crippen LogP contribution in [0.2, 0.25) is 0 Å².